The van der Waals surface area contributed by atoms with Gasteiger partial charge in [0.25, 0.3) is 0 Å². The number of nitrogen functional groups attached to an aromatic ring is 1. The van der Waals surface area contributed by atoms with Crippen molar-refractivity contribution in [3.63, 3.8) is 0 Å². The zero-order valence-corrected chi connectivity index (χ0v) is 7.01. The first-order valence-electron chi connectivity index (χ1n) is 2.70. The van der Waals surface area contributed by atoms with Crippen molar-refractivity contribution in [2.24, 2.45) is 0 Å². The van der Waals surface area contributed by atoms with Gasteiger partial charge < -0.3 is 11.1 Å². The zero-order chi connectivity index (χ0) is 7.56. The number of aromatic nitrogens is 2. The molecule has 0 radical (unpaired) electrons. The molecule has 0 aromatic carbocycles. The Morgan fingerprint density at radius 1 is 1.70 bits per heavy atom. The highest BCUT2D eigenvalue weighted by Crippen LogP contribution is 2.13. The summed E-state index contributed by atoms with van der Waals surface area (Å²) in [4.78, 5) is 7.86. The Morgan fingerprint density at radius 3 is 2.90 bits per heavy atom. The summed E-state index contributed by atoms with van der Waals surface area (Å²) in [6.45, 7) is 0. The van der Waals surface area contributed by atoms with Crippen molar-refractivity contribution in [1.29, 1.82) is 0 Å². The summed E-state index contributed by atoms with van der Waals surface area (Å²) >= 11 is 3.14. The molecule has 0 aliphatic carbocycles. The van der Waals surface area contributed by atoms with Gasteiger partial charge >= 0.3 is 0 Å². The summed E-state index contributed by atoms with van der Waals surface area (Å²) in [5, 5.41) is 2.80. The molecular formula is C5H7BrN4. The van der Waals surface area contributed by atoms with E-state index in [1.165, 1.54) is 0 Å². The topological polar surface area (TPSA) is 63.8 Å². The van der Waals surface area contributed by atoms with Gasteiger partial charge in [-0.25, -0.2) is 9.97 Å². The van der Waals surface area contributed by atoms with Crippen LogP contribution < -0.4 is 11.1 Å². The summed E-state index contributed by atoms with van der Waals surface area (Å²) in [6.07, 6.45) is 1.59. The quantitative estimate of drug-likeness (QED) is 0.710. The van der Waals surface area contributed by atoms with Crippen LogP contribution in [-0.4, -0.2) is 17.0 Å². The maximum absolute atomic E-state index is 5.47. The fourth-order valence-electron chi connectivity index (χ4n) is 0.573. The van der Waals surface area contributed by atoms with Gasteiger partial charge in [0, 0.05) is 7.05 Å². The minimum Gasteiger partial charge on any atom is -0.381 e. The van der Waals surface area contributed by atoms with Crippen molar-refractivity contribution in [2.45, 2.75) is 0 Å². The van der Waals surface area contributed by atoms with E-state index in [0.717, 1.165) is 0 Å². The van der Waals surface area contributed by atoms with Gasteiger partial charge in [-0.1, -0.05) is 0 Å². The molecule has 54 valence electrons. The zero-order valence-electron chi connectivity index (χ0n) is 5.43. The van der Waals surface area contributed by atoms with Crippen molar-refractivity contribution < 1.29 is 0 Å². The largest absolute Gasteiger partial charge is 0.381 e. The van der Waals surface area contributed by atoms with Gasteiger partial charge in [-0.3, -0.25) is 0 Å². The molecule has 0 fully saturated rings. The lowest BCUT2D eigenvalue weighted by molar-refractivity contribution is 1.17. The number of hydrogen-bond donors (Lipinski definition) is 2. The van der Waals surface area contributed by atoms with Crippen molar-refractivity contribution in [2.75, 3.05) is 18.1 Å². The highest BCUT2D eigenvalue weighted by Gasteiger charge is 1.98. The van der Waals surface area contributed by atoms with Crippen LogP contribution in [0, 0.1) is 0 Å². The second kappa shape index (κ2) is 2.83. The van der Waals surface area contributed by atoms with Gasteiger partial charge in [-0.05, 0) is 15.9 Å². The third kappa shape index (κ3) is 1.36. The molecule has 4 nitrogen and oxygen atoms in total. The molecule has 0 spiro atoms. The van der Waals surface area contributed by atoms with E-state index in [-0.39, 0.29) is 0 Å². The monoisotopic (exact) mass is 202 g/mol. The third-order valence-electron chi connectivity index (χ3n) is 1.01. The van der Waals surface area contributed by atoms with Gasteiger partial charge in [0.1, 0.15) is 4.60 Å². The minimum absolute atomic E-state index is 0.400. The van der Waals surface area contributed by atoms with E-state index in [1.54, 1.807) is 13.2 Å². The second-order valence-electron chi connectivity index (χ2n) is 1.68. The van der Waals surface area contributed by atoms with E-state index in [4.69, 9.17) is 5.73 Å². The molecule has 0 saturated carbocycles. The Kier molecular flexibility index (Phi) is 2.06. The SMILES string of the molecule is CNc1ncc(Br)nc1N. The lowest BCUT2D eigenvalue weighted by atomic mass is 10.6. The molecule has 0 aliphatic rings. The van der Waals surface area contributed by atoms with E-state index in [9.17, 15) is 0 Å². The third-order valence-corrected chi connectivity index (χ3v) is 1.39. The highest BCUT2D eigenvalue weighted by molar-refractivity contribution is 9.10. The van der Waals surface area contributed by atoms with Crippen molar-refractivity contribution in [1.82, 2.24) is 9.97 Å². The van der Waals surface area contributed by atoms with Crippen LogP contribution in [-0.2, 0) is 0 Å². The molecular weight excluding hydrogens is 196 g/mol. The molecule has 5 heteroatoms. The van der Waals surface area contributed by atoms with Gasteiger partial charge in [0.15, 0.2) is 11.6 Å². The van der Waals surface area contributed by atoms with Crippen molar-refractivity contribution in [3.8, 4) is 0 Å². The van der Waals surface area contributed by atoms with E-state index in [1.807, 2.05) is 0 Å². The lowest BCUT2D eigenvalue weighted by Gasteiger charge is -2.00. The Labute approximate surface area is 67.0 Å². The molecule has 0 aliphatic heterocycles. The predicted molar refractivity (Wildman–Crippen MR) is 43.7 cm³/mol. The Morgan fingerprint density at radius 2 is 2.40 bits per heavy atom. The van der Waals surface area contributed by atoms with Gasteiger partial charge in [0.05, 0.1) is 6.20 Å². The van der Waals surface area contributed by atoms with E-state index < -0.39 is 0 Å². The fourth-order valence-corrected chi connectivity index (χ4v) is 0.867. The number of hydrogen-bond acceptors (Lipinski definition) is 4. The van der Waals surface area contributed by atoms with E-state index in [2.05, 4.69) is 31.2 Å². The van der Waals surface area contributed by atoms with Crippen LogP contribution in [0.1, 0.15) is 0 Å². The van der Waals surface area contributed by atoms with Crippen LogP contribution in [0.4, 0.5) is 11.6 Å². The smallest absolute Gasteiger partial charge is 0.168 e. The number of rotatable bonds is 1. The van der Waals surface area contributed by atoms with Crippen LogP contribution in [0.5, 0.6) is 0 Å². The normalized spacial score (nSPS) is 9.40. The standard InChI is InChI=1S/C5H7BrN4/c1-8-5-4(7)10-3(6)2-9-5/h2H,1H3,(H2,7,10)(H,8,9). The second-order valence-corrected chi connectivity index (χ2v) is 2.49. The first-order chi connectivity index (χ1) is 4.74. The number of anilines is 2. The summed E-state index contributed by atoms with van der Waals surface area (Å²) < 4.78 is 0.643. The number of halogens is 1. The molecule has 1 aromatic rings. The lowest BCUT2D eigenvalue weighted by Crippen LogP contribution is -2.00. The predicted octanol–water partition coefficient (Wildman–Crippen LogP) is 0.863. The number of nitrogens with one attached hydrogen (secondary N) is 1. The molecule has 0 unspecified atom stereocenters. The molecule has 1 aromatic heterocycles. The molecule has 10 heavy (non-hydrogen) atoms. The first kappa shape index (κ1) is 7.27. The van der Waals surface area contributed by atoms with E-state index in [0.29, 0.717) is 16.2 Å². The van der Waals surface area contributed by atoms with Crippen LogP contribution in [0.3, 0.4) is 0 Å². The average molecular weight is 203 g/mol. The summed E-state index contributed by atoms with van der Waals surface area (Å²) in [6, 6.07) is 0. The van der Waals surface area contributed by atoms with Crippen molar-refractivity contribution >= 4 is 27.6 Å². The molecule has 1 heterocycles. The molecule has 0 atom stereocenters. The van der Waals surface area contributed by atoms with Crippen LogP contribution in [0.2, 0.25) is 0 Å². The Balaban J connectivity index is 3.07. The summed E-state index contributed by atoms with van der Waals surface area (Å²) in [5.74, 6) is 1.00. The molecule has 1 rings (SSSR count). The first-order valence-corrected chi connectivity index (χ1v) is 3.49. The fraction of sp³-hybridized carbons (Fsp3) is 0.200. The number of nitrogens with zero attached hydrogens (tertiary/aromatic N) is 2. The molecule has 0 amide bonds. The Bertz CT molecular complexity index is 237. The van der Waals surface area contributed by atoms with Gasteiger partial charge in [-0.2, -0.15) is 0 Å². The minimum atomic E-state index is 0.400. The van der Waals surface area contributed by atoms with Gasteiger partial charge in [0.2, 0.25) is 0 Å². The van der Waals surface area contributed by atoms with Crippen LogP contribution >= 0.6 is 15.9 Å². The average Bonchev–Trinajstić information content (AvgIpc) is 1.88. The maximum Gasteiger partial charge on any atom is 0.168 e. The maximum atomic E-state index is 5.47. The van der Waals surface area contributed by atoms with Gasteiger partial charge in [-0.15, -0.1) is 0 Å². The number of nitrogens with two attached hydrogens (primary N) is 1. The van der Waals surface area contributed by atoms with Crippen molar-refractivity contribution in [3.05, 3.63) is 10.8 Å². The van der Waals surface area contributed by atoms with Crippen LogP contribution in [0.25, 0.3) is 0 Å². The Hall–Kier alpha value is -0.840. The molecule has 0 bridgehead atoms. The highest BCUT2D eigenvalue weighted by atomic mass is 79.9. The van der Waals surface area contributed by atoms with E-state index >= 15 is 0 Å². The summed E-state index contributed by atoms with van der Waals surface area (Å²) in [7, 11) is 1.74. The molecule has 3 N–H and O–H groups in total. The molecule has 0 saturated heterocycles. The summed E-state index contributed by atoms with van der Waals surface area (Å²) in [5.41, 5.74) is 5.47. The van der Waals surface area contributed by atoms with Crippen LogP contribution in [0.15, 0.2) is 10.8 Å².